The quantitative estimate of drug-likeness (QED) is 0.574. The number of carboxylic acid groups (broad SMARTS) is 1. The minimum absolute atomic E-state index is 0.0372. The number of rotatable bonds is 9. The summed E-state index contributed by atoms with van der Waals surface area (Å²) in [5.74, 6) is -0.564. The lowest BCUT2D eigenvalue weighted by atomic mass is 9.85. The number of carboxylic acids is 1. The second-order valence-electron chi connectivity index (χ2n) is 7.78. The molecule has 2 aliphatic carbocycles. The molecule has 2 fully saturated rings. The molecule has 0 aromatic heterocycles. The van der Waals surface area contributed by atoms with Crippen molar-refractivity contribution in [2.24, 2.45) is 5.92 Å². The molecule has 0 heterocycles. The fraction of sp³-hybridized carbons (Fsp3) is 0.842. The number of amides is 2. The van der Waals surface area contributed by atoms with Crippen molar-refractivity contribution in [1.29, 1.82) is 0 Å². The van der Waals surface area contributed by atoms with E-state index in [2.05, 4.69) is 10.6 Å². The predicted octanol–water partition coefficient (Wildman–Crippen LogP) is 1.52. The van der Waals surface area contributed by atoms with E-state index in [1.807, 2.05) is 11.8 Å². The van der Waals surface area contributed by atoms with Gasteiger partial charge >= 0.3 is 5.97 Å². The summed E-state index contributed by atoms with van der Waals surface area (Å²) in [7, 11) is 0. The Morgan fingerprint density at radius 3 is 2.38 bits per heavy atom. The molecule has 0 aromatic carbocycles. The predicted molar refractivity (Wildman–Crippen MR) is 98.6 cm³/mol. The second-order valence-corrected chi connectivity index (χ2v) is 7.78. The number of nitrogens with zero attached hydrogens (tertiary/aromatic N) is 1. The number of hydrogen-bond acceptors (Lipinski definition) is 4. The Bertz CT molecular complexity index is 499. The van der Waals surface area contributed by atoms with Gasteiger partial charge in [-0.05, 0) is 45.1 Å². The Morgan fingerprint density at radius 2 is 1.81 bits per heavy atom. The summed E-state index contributed by atoms with van der Waals surface area (Å²) >= 11 is 0. The first-order valence-electron chi connectivity index (χ1n) is 9.94. The van der Waals surface area contributed by atoms with E-state index in [9.17, 15) is 14.4 Å². The monoisotopic (exact) mass is 367 g/mol. The lowest BCUT2D eigenvalue weighted by Crippen LogP contribution is -2.57. The Hall–Kier alpha value is -1.63. The van der Waals surface area contributed by atoms with Gasteiger partial charge in [0.2, 0.25) is 11.8 Å². The number of hydrogen-bond donors (Lipinski definition) is 3. The maximum Gasteiger partial charge on any atom is 0.317 e. The van der Waals surface area contributed by atoms with Crippen molar-refractivity contribution in [3.63, 3.8) is 0 Å². The van der Waals surface area contributed by atoms with Crippen LogP contribution in [0.1, 0.15) is 65.2 Å². The van der Waals surface area contributed by atoms with Crippen LogP contribution in [0.2, 0.25) is 0 Å². The van der Waals surface area contributed by atoms with Crippen molar-refractivity contribution < 1.29 is 19.5 Å². The first kappa shape index (κ1) is 20.7. The summed E-state index contributed by atoms with van der Waals surface area (Å²) in [6.07, 6.45) is 7.93. The fourth-order valence-corrected chi connectivity index (χ4v) is 4.02. The van der Waals surface area contributed by atoms with Gasteiger partial charge in [-0.1, -0.05) is 26.2 Å². The van der Waals surface area contributed by atoms with E-state index in [1.165, 1.54) is 19.3 Å². The van der Waals surface area contributed by atoms with Gasteiger partial charge in [0.1, 0.15) is 6.04 Å². The van der Waals surface area contributed by atoms with Crippen LogP contribution in [0, 0.1) is 5.92 Å². The lowest BCUT2D eigenvalue weighted by Gasteiger charge is -2.42. The van der Waals surface area contributed by atoms with Gasteiger partial charge in [0.15, 0.2) is 0 Å². The zero-order valence-corrected chi connectivity index (χ0v) is 16.0. The SMILES string of the molecule is CCN(CC(=O)O)C1CC(NC(=O)C(C)NC(=O)CC2CCCCC2)C1. The average Bonchev–Trinajstić information content (AvgIpc) is 2.56. The van der Waals surface area contributed by atoms with E-state index in [0.29, 0.717) is 18.9 Å². The molecule has 148 valence electrons. The van der Waals surface area contributed by atoms with Crippen molar-refractivity contribution in [2.45, 2.75) is 83.3 Å². The highest BCUT2D eigenvalue weighted by Crippen LogP contribution is 2.27. The zero-order chi connectivity index (χ0) is 19.1. The van der Waals surface area contributed by atoms with Gasteiger partial charge in [-0.3, -0.25) is 19.3 Å². The largest absolute Gasteiger partial charge is 0.480 e. The molecule has 0 spiro atoms. The van der Waals surface area contributed by atoms with Gasteiger partial charge in [-0.2, -0.15) is 0 Å². The van der Waals surface area contributed by atoms with Gasteiger partial charge in [0.25, 0.3) is 0 Å². The molecule has 0 bridgehead atoms. The van der Waals surface area contributed by atoms with Gasteiger partial charge in [0.05, 0.1) is 6.54 Å². The Morgan fingerprint density at radius 1 is 1.15 bits per heavy atom. The van der Waals surface area contributed by atoms with E-state index in [1.54, 1.807) is 6.92 Å². The molecule has 0 aromatic rings. The van der Waals surface area contributed by atoms with Gasteiger partial charge in [-0.15, -0.1) is 0 Å². The minimum Gasteiger partial charge on any atom is -0.480 e. The van der Waals surface area contributed by atoms with Crippen LogP contribution < -0.4 is 10.6 Å². The molecule has 2 aliphatic rings. The van der Waals surface area contributed by atoms with Crippen LogP contribution in [-0.4, -0.2) is 59.0 Å². The summed E-state index contributed by atoms with van der Waals surface area (Å²) in [6.45, 7) is 4.38. The maximum absolute atomic E-state index is 12.3. The highest BCUT2D eigenvalue weighted by atomic mass is 16.4. The van der Waals surface area contributed by atoms with Crippen molar-refractivity contribution in [2.75, 3.05) is 13.1 Å². The Kier molecular flexibility index (Phi) is 7.87. The highest BCUT2D eigenvalue weighted by molar-refractivity contribution is 5.87. The molecule has 26 heavy (non-hydrogen) atoms. The molecule has 0 radical (unpaired) electrons. The molecule has 7 nitrogen and oxygen atoms in total. The molecular weight excluding hydrogens is 334 g/mol. The maximum atomic E-state index is 12.3. The molecule has 7 heteroatoms. The van der Waals surface area contributed by atoms with E-state index in [0.717, 1.165) is 25.7 Å². The third kappa shape index (κ3) is 6.27. The van der Waals surface area contributed by atoms with E-state index in [4.69, 9.17) is 5.11 Å². The van der Waals surface area contributed by atoms with E-state index < -0.39 is 12.0 Å². The van der Waals surface area contributed by atoms with E-state index in [-0.39, 0.29) is 30.4 Å². The molecule has 1 atom stereocenters. The summed E-state index contributed by atoms with van der Waals surface area (Å²) in [4.78, 5) is 37.2. The number of nitrogens with one attached hydrogen (secondary N) is 2. The van der Waals surface area contributed by atoms with E-state index >= 15 is 0 Å². The molecule has 2 amide bonds. The summed E-state index contributed by atoms with van der Waals surface area (Å²) in [5.41, 5.74) is 0. The topological polar surface area (TPSA) is 98.7 Å². The first-order valence-corrected chi connectivity index (χ1v) is 9.94. The molecule has 2 rings (SSSR count). The second kappa shape index (κ2) is 9.90. The number of aliphatic carboxylic acids is 1. The van der Waals surface area contributed by atoms with Gasteiger partial charge in [0, 0.05) is 18.5 Å². The lowest BCUT2D eigenvalue weighted by molar-refractivity contribution is -0.139. The Labute approximate surface area is 155 Å². The normalized spacial score (nSPS) is 24.6. The Balaban J connectivity index is 1.66. The molecule has 0 aliphatic heterocycles. The molecule has 0 saturated heterocycles. The van der Waals surface area contributed by atoms with Crippen LogP contribution in [0.3, 0.4) is 0 Å². The van der Waals surface area contributed by atoms with Crippen molar-refractivity contribution in [3.05, 3.63) is 0 Å². The molecule has 2 saturated carbocycles. The van der Waals surface area contributed by atoms with Crippen LogP contribution in [0.5, 0.6) is 0 Å². The first-order chi connectivity index (χ1) is 12.4. The highest BCUT2D eigenvalue weighted by Gasteiger charge is 2.35. The van der Waals surface area contributed by atoms with Crippen LogP contribution >= 0.6 is 0 Å². The summed E-state index contributed by atoms with van der Waals surface area (Å²) in [6, 6.07) is -0.267. The minimum atomic E-state index is -0.825. The molecule has 1 unspecified atom stereocenters. The van der Waals surface area contributed by atoms with Crippen LogP contribution in [-0.2, 0) is 14.4 Å². The number of carbonyl (C=O) groups is 3. The summed E-state index contributed by atoms with van der Waals surface area (Å²) in [5, 5.41) is 14.7. The van der Waals surface area contributed by atoms with Crippen LogP contribution in [0.4, 0.5) is 0 Å². The standard InChI is InChI=1S/C19H33N3O4/c1-3-22(12-18(24)25)16-10-15(11-16)21-19(26)13(2)20-17(23)9-14-7-5-4-6-8-14/h13-16H,3-12H2,1-2H3,(H,20,23)(H,21,26)(H,24,25). The average molecular weight is 367 g/mol. The van der Waals surface area contributed by atoms with Crippen molar-refractivity contribution in [3.8, 4) is 0 Å². The zero-order valence-electron chi connectivity index (χ0n) is 16.0. The van der Waals surface area contributed by atoms with Crippen molar-refractivity contribution in [1.82, 2.24) is 15.5 Å². The smallest absolute Gasteiger partial charge is 0.317 e. The molecule has 3 N–H and O–H groups in total. The summed E-state index contributed by atoms with van der Waals surface area (Å²) < 4.78 is 0. The van der Waals surface area contributed by atoms with Crippen LogP contribution in [0.25, 0.3) is 0 Å². The van der Waals surface area contributed by atoms with Crippen LogP contribution in [0.15, 0.2) is 0 Å². The van der Waals surface area contributed by atoms with Gasteiger partial charge < -0.3 is 15.7 Å². The molecular formula is C19H33N3O4. The number of likely N-dealkylation sites (N-methyl/N-ethyl adjacent to an activating group) is 1. The fourth-order valence-electron chi connectivity index (χ4n) is 4.02. The number of carbonyl (C=O) groups excluding carboxylic acids is 2. The van der Waals surface area contributed by atoms with Gasteiger partial charge in [-0.25, -0.2) is 0 Å². The van der Waals surface area contributed by atoms with Crippen molar-refractivity contribution >= 4 is 17.8 Å². The third-order valence-corrected chi connectivity index (χ3v) is 5.69. The third-order valence-electron chi connectivity index (χ3n) is 5.69.